The van der Waals surface area contributed by atoms with Crippen LogP contribution in [0.25, 0.3) is 10.2 Å². The molecule has 2 fully saturated rings. The van der Waals surface area contributed by atoms with Crippen molar-refractivity contribution in [3.8, 4) is 0 Å². The number of anilines is 2. The number of benzene rings is 1. The number of carbonyl (C=O) groups excluding carboxylic acids is 1. The molecule has 1 saturated carbocycles. The van der Waals surface area contributed by atoms with E-state index in [1.807, 2.05) is 25.1 Å². The predicted octanol–water partition coefficient (Wildman–Crippen LogP) is 4.59. The maximum absolute atomic E-state index is 12.7. The van der Waals surface area contributed by atoms with Crippen molar-refractivity contribution in [3.05, 3.63) is 18.2 Å². The first kappa shape index (κ1) is 22.2. The Morgan fingerprint density at radius 2 is 2.00 bits per heavy atom. The van der Waals surface area contributed by atoms with E-state index in [-0.39, 0.29) is 36.6 Å². The Kier molecular flexibility index (Phi) is 7.36. The zero-order valence-corrected chi connectivity index (χ0v) is 18.0. The highest BCUT2D eigenvalue weighted by Gasteiger charge is 2.37. The summed E-state index contributed by atoms with van der Waals surface area (Å²) in [4.78, 5) is 19.8. The van der Waals surface area contributed by atoms with Gasteiger partial charge in [0, 0.05) is 24.3 Å². The molecule has 4 rings (SSSR count). The zero-order chi connectivity index (χ0) is 17.4. The summed E-state index contributed by atoms with van der Waals surface area (Å²) < 4.78 is 1.12. The number of hydrogen-bond donors (Lipinski definition) is 2. The maximum Gasteiger partial charge on any atom is 0.229 e. The van der Waals surface area contributed by atoms with Crippen LogP contribution in [0.1, 0.15) is 45.4 Å². The normalized spacial score (nSPS) is 25.0. The van der Waals surface area contributed by atoms with Crippen molar-refractivity contribution >= 4 is 63.1 Å². The SMILES string of the molecule is CC1(N)CCCCC1C(=O)Nc1ccc2nc(N3CCCC3)sc2c1.Cl.Cl. The van der Waals surface area contributed by atoms with Crippen LogP contribution in [0.4, 0.5) is 10.8 Å². The minimum absolute atomic E-state index is 0. The lowest BCUT2D eigenvalue weighted by atomic mass is 9.74. The quantitative estimate of drug-likeness (QED) is 0.746. The molecular weight excluding hydrogens is 403 g/mol. The van der Waals surface area contributed by atoms with Crippen LogP contribution in [-0.4, -0.2) is 29.5 Å². The zero-order valence-electron chi connectivity index (χ0n) is 15.6. The van der Waals surface area contributed by atoms with Crippen molar-refractivity contribution in [2.45, 2.75) is 51.0 Å². The lowest BCUT2D eigenvalue weighted by Crippen LogP contribution is -2.51. The Balaban J connectivity index is 0.00000131. The molecule has 27 heavy (non-hydrogen) atoms. The summed E-state index contributed by atoms with van der Waals surface area (Å²) in [6.45, 7) is 4.20. The van der Waals surface area contributed by atoms with E-state index < -0.39 is 5.54 Å². The van der Waals surface area contributed by atoms with Gasteiger partial charge in [-0.1, -0.05) is 24.2 Å². The summed E-state index contributed by atoms with van der Waals surface area (Å²) in [5.41, 5.74) is 7.81. The highest BCUT2D eigenvalue weighted by atomic mass is 35.5. The van der Waals surface area contributed by atoms with Crippen molar-refractivity contribution in [1.82, 2.24) is 4.98 Å². The largest absolute Gasteiger partial charge is 0.348 e. The Morgan fingerprint density at radius 1 is 1.26 bits per heavy atom. The van der Waals surface area contributed by atoms with E-state index in [0.29, 0.717) is 0 Å². The lowest BCUT2D eigenvalue weighted by molar-refractivity contribution is -0.122. The highest BCUT2D eigenvalue weighted by molar-refractivity contribution is 7.22. The van der Waals surface area contributed by atoms with Crippen LogP contribution in [-0.2, 0) is 4.79 Å². The van der Waals surface area contributed by atoms with Crippen molar-refractivity contribution < 1.29 is 4.79 Å². The lowest BCUT2D eigenvalue weighted by Gasteiger charge is -2.37. The molecule has 2 atom stereocenters. The second kappa shape index (κ2) is 8.95. The van der Waals surface area contributed by atoms with Gasteiger partial charge in [-0.25, -0.2) is 4.98 Å². The fraction of sp³-hybridized carbons (Fsp3) is 0.579. The second-order valence-corrected chi connectivity index (χ2v) is 8.68. The fourth-order valence-corrected chi connectivity index (χ4v) is 5.11. The first-order valence-electron chi connectivity index (χ1n) is 9.28. The molecule has 1 aromatic carbocycles. The number of hydrogen-bond acceptors (Lipinski definition) is 5. The Labute approximate surface area is 176 Å². The number of nitrogens with zero attached hydrogens (tertiary/aromatic N) is 2. The molecule has 2 heterocycles. The molecule has 2 unspecified atom stereocenters. The highest BCUT2D eigenvalue weighted by Crippen LogP contribution is 2.34. The van der Waals surface area contributed by atoms with Gasteiger partial charge in [0.05, 0.1) is 16.1 Å². The molecule has 5 nitrogen and oxygen atoms in total. The number of carbonyl (C=O) groups is 1. The Morgan fingerprint density at radius 3 is 2.70 bits per heavy atom. The maximum atomic E-state index is 12.7. The average Bonchev–Trinajstić information content (AvgIpc) is 3.23. The van der Waals surface area contributed by atoms with E-state index in [9.17, 15) is 4.79 Å². The number of thiazole rings is 1. The molecule has 0 bridgehead atoms. The second-order valence-electron chi connectivity index (χ2n) is 7.67. The molecule has 0 spiro atoms. The van der Waals surface area contributed by atoms with E-state index in [1.165, 1.54) is 12.8 Å². The third-order valence-electron chi connectivity index (χ3n) is 5.59. The molecule has 3 N–H and O–H groups in total. The molecule has 1 aliphatic heterocycles. The third-order valence-corrected chi connectivity index (χ3v) is 6.67. The average molecular weight is 431 g/mol. The molecule has 1 aromatic heterocycles. The molecule has 8 heteroatoms. The summed E-state index contributed by atoms with van der Waals surface area (Å²) in [6.07, 6.45) is 6.48. The first-order chi connectivity index (χ1) is 12.0. The minimum atomic E-state index is -0.403. The molecule has 1 amide bonds. The minimum Gasteiger partial charge on any atom is -0.348 e. The fourth-order valence-electron chi connectivity index (χ4n) is 4.05. The van der Waals surface area contributed by atoms with Crippen LogP contribution in [0, 0.1) is 5.92 Å². The molecule has 2 aromatic rings. The molecule has 1 saturated heterocycles. The molecule has 1 aliphatic carbocycles. The van der Waals surface area contributed by atoms with Gasteiger partial charge < -0.3 is 16.0 Å². The summed E-state index contributed by atoms with van der Waals surface area (Å²) in [5.74, 6) is -0.0631. The molecule has 2 aliphatic rings. The van der Waals surface area contributed by atoms with Gasteiger partial charge in [-0.05, 0) is 50.8 Å². The van der Waals surface area contributed by atoms with Crippen LogP contribution < -0.4 is 16.0 Å². The monoisotopic (exact) mass is 430 g/mol. The number of nitrogens with two attached hydrogens (primary N) is 1. The number of fused-ring (bicyclic) bond motifs is 1. The standard InChI is InChI=1S/C19H26N4OS.2ClH/c1-19(20)9-3-2-6-14(19)17(24)21-13-7-8-15-16(12-13)25-18(22-15)23-10-4-5-11-23;;/h7-8,12,14H,2-6,9-11,20H2,1H3,(H,21,24);2*1H. The number of nitrogens with one attached hydrogen (secondary N) is 1. The topological polar surface area (TPSA) is 71.2 Å². The van der Waals surface area contributed by atoms with Crippen molar-refractivity contribution in [2.24, 2.45) is 11.7 Å². The molecular formula is C19H28Cl2N4OS. The predicted molar refractivity (Wildman–Crippen MR) is 119 cm³/mol. The first-order valence-corrected chi connectivity index (χ1v) is 10.1. The van der Waals surface area contributed by atoms with Gasteiger partial charge in [-0.3, -0.25) is 4.79 Å². The van der Waals surface area contributed by atoms with Gasteiger partial charge in [0.2, 0.25) is 5.91 Å². The summed E-state index contributed by atoms with van der Waals surface area (Å²) >= 11 is 1.71. The van der Waals surface area contributed by atoms with Crippen LogP contribution in [0.2, 0.25) is 0 Å². The van der Waals surface area contributed by atoms with Crippen molar-refractivity contribution in [1.29, 1.82) is 0 Å². The molecule has 0 radical (unpaired) electrons. The molecule has 150 valence electrons. The number of rotatable bonds is 3. The van der Waals surface area contributed by atoms with Crippen LogP contribution in [0.15, 0.2) is 18.2 Å². The van der Waals surface area contributed by atoms with E-state index >= 15 is 0 Å². The third kappa shape index (κ3) is 4.67. The van der Waals surface area contributed by atoms with E-state index in [0.717, 1.165) is 59.8 Å². The van der Waals surface area contributed by atoms with Gasteiger partial charge in [-0.15, -0.1) is 24.8 Å². The van der Waals surface area contributed by atoms with Gasteiger partial charge in [0.15, 0.2) is 5.13 Å². The van der Waals surface area contributed by atoms with Crippen molar-refractivity contribution in [3.63, 3.8) is 0 Å². The van der Waals surface area contributed by atoms with Crippen LogP contribution >= 0.6 is 36.2 Å². The van der Waals surface area contributed by atoms with Crippen LogP contribution in [0.5, 0.6) is 0 Å². The van der Waals surface area contributed by atoms with E-state index in [1.54, 1.807) is 11.3 Å². The van der Waals surface area contributed by atoms with Gasteiger partial charge in [-0.2, -0.15) is 0 Å². The number of halogens is 2. The van der Waals surface area contributed by atoms with Gasteiger partial charge in [0.25, 0.3) is 0 Å². The Bertz CT molecular complexity index is 789. The Hall–Kier alpha value is -1.08. The summed E-state index contributed by atoms with van der Waals surface area (Å²) in [5, 5.41) is 4.18. The van der Waals surface area contributed by atoms with Gasteiger partial charge >= 0.3 is 0 Å². The van der Waals surface area contributed by atoms with E-state index in [4.69, 9.17) is 10.7 Å². The van der Waals surface area contributed by atoms with E-state index in [2.05, 4.69) is 10.2 Å². The van der Waals surface area contributed by atoms with Gasteiger partial charge in [0.1, 0.15) is 0 Å². The summed E-state index contributed by atoms with van der Waals surface area (Å²) in [6, 6.07) is 6.00. The summed E-state index contributed by atoms with van der Waals surface area (Å²) in [7, 11) is 0. The van der Waals surface area contributed by atoms with Crippen molar-refractivity contribution in [2.75, 3.05) is 23.3 Å². The number of aromatic nitrogens is 1. The smallest absolute Gasteiger partial charge is 0.229 e. The number of amides is 1. The van der Waals surface area contributed by atoms with Crippen LogP contribution in [0.3, 0.4) is 0 Å².